The Morgan fingerprint density at radius 3 is 1.23 bits per heavy atom. The van der Waals surface area contributed by atoms with Crippen LogP contribution in [0.15, 0.2) is 97.2 Å². The van der Waals surface area contributed by atoms with Crippen molar-refractivity contribution in [3.63, 3.8) is 0 Å². The Morgan fingerprint density at radius 1 is 0.545 bits per heavy atom. The third-order valence-electron chi connectivity index (χ3n) is 2.59. The molecule has 0 N–H and O–H groups in total. The van der Waals surface area contributed by atoms with Gasteiger partial charge in [0.05, 0.1) is 0 Å². The number of hydrogen-bond donors (Lipinski definition) is 0. The van der Waals surface area contributed by atoms with Crippen molar-refractivity contribution in [2.24, 2.45) is 0 Å². The second kappa shape index (κ2) is 9.68. The van der Waals surface area contributed by atoms with Crippen LogP contribution in [0.5, 0.6) is 0 Å². The maximum Gasteiger partial charge on any atom is 0.125 e. The molecule has 0 aliphatic carbocycles. The molecule has 0 atom stereocenters. The highest BCUT2D eigenvalue weighted by atomic mass is 16.5. The third kappa shape index (κ3) is 6.31. The van der Waals surface area contributed by atoms with E-state index < -0.39 is 0 Å². The van der Waals surface area contributed by atoms with Crippen molar-refractivity contribution in [2.75, 3.05) is 0 Å². The maximum absolute atomic E-state index is 4.58. The van der Waals surface area contributed by atoms with Crippen LogP contribution in [0.2, 0.25) is 0 Å². The van der Waals surface area contributed by atoms with Crippen LogP contribution in [0.4, 0.5) is 0 Å². The fraction of sp³-hybridized carbons (Fsp3) is 0. The molecule has 2 aromatic rings. The first kappa shape index (κ1) is 15.2. The molecule has 22 heavy (non-hydrogen) atoms. The Morgan fingerprint density at radius 2 is 0.909 bits per heavy atom. The summed E-state index contributed by atoms with van der Waals surface area (Å²) in [6.45, 7) is 0. The topological polar surface area (TPSA) is 18.5 Å². The van der Waals surface area contributed by atoms with Crippen LogP contribution in [-0.4, -0.2) is 0 Å². The fourth-order valence-corrected chi connectivity index (χ4v) is 1.57. The van der Waals surface area contributed by atoms with Crippen LogP contribution in [-0.2, 0) is 9.47 Å². The number of ether oxygens (including phenoxy) is 2. The summed E-state index contributed by atoms with van der Waals surface area (Å²) >= 11 is 0. The molecular weight excluding hydrogens is 272 g/mol. The van der Waals surface area contributed by atoms with Crippen LogP contribution in [0.3, 0.4) is 0 Å². The summed E-state index contributed by atoms with van der Waals surface area (Å²) < 4.78 is 9.17. The quantitative estimate of drug-likeness (QED) is 0.712. The zero-order valence-corrected chi connectivity index (χ0v) is 12.1. The van der Waals surface area contributed by atoms with E-state index in [1.807, 2.05) is 72.8 Å². The van der Waals surface area contributed by atoms with Crippen LogP contribution >= 0.6 is 0 Å². The summed E-state index contributed by atoms with van der Waals surface area (Å²) in [5.41, 5.74) is 8.31. The van der Waals surface area contributed by atoms with Crippen molar-refractivity contribution in [3.05, 3.63) is 108 Å². The molecular formula is C20H16O2. The van der Waals surface area contributed by atoms with E-state index >= 15 is 0 Å². The summed E-state index contributed by atoms with van der Waals surface area (Å²) in [4.78, 5) is 0. The van der Waals surface area contributed by atoms with Crippen molar-refractivity contribution in [3.8, 4) is 0 Å². The van der Waals surface area contributed by atoms with Gasteiger partial charge in [0, 0.05) is 0 Å². The molecule has 0 spiro atoms. The molecule has 3 rings (SSSR count). The molecule has 2 heteroatoms. The van der Waals surface area contributed by atoms with Gasteiger partial charge in [0.25, 0.3) is 0 Å². The molecule has 0 amide bonds. The Hall–Kier alpha value is -3.18. The number of benzene rings is 2. The van der Waals surface area contributed by atoms with E-state index in [1.165, 1.54) is 25.0 Å². The molecule has 0 saturated heterocycles. The molecule has 108 valence electrons. The molecule has 0 aromatic heterocycles. The molecule has 1 aliphatic rings. The largest absolute Gasteiger partial charge is 0.466 e. The second-order valence-corrected chi connectivity index (χ2v) is 4.22. The Kier molecular flexibility index (Phi) is 6.69. The van der Waals surface area contributed by atoms with Crippen molar-refractivity contribution in [2.45, 2.75) is 0 Å². The van der Waals surface area contributed by atoms with Gasteiger partial charge < -0.3 is 9.47 Å². The average molecular weight is 288 g/mol. The molecule has 0 saturated carbocycles. The summed E-state index contributed by atoms with van der Waals surface area (Å²) in [6.07, 6.45) is 9.67. The van der Waals surface area contributed by atoms with Gasteiger partial charge in [-0.25, -0.2) is 0 Å². The van der Waals surface area contributed by atoms with Gasteiger partial charge in [-0.3, -0.25) is 0 Å². The van der Waals surface area contributed by atoms with Gasteiger partial charge in [0.2, 0.25) is 0 Å². The van der Waals surface area contributed by atoms with E-state index in [1.54, 1.807) is 0 Å². The van der Waals surface area contributed by atoms with Gasteiger partial charge in [-0.1, -0.05) is 72.1 Å². The summed E-state index contributed by atoms with van der Waals surface area (Å²) in [7, 11) is 0. The lowest BCUT2D eigenvalue weighted by molar-refractivity contribution is 0.290. The monoisotopic (exact) mass is 288 g/mol. The molecule has 1 aliphatic heterocycles. The normalized spacial score (nSPS) is 10.7. The first-order valence-electron chi connectivity index (χ1n) is 6.84. The maximum atomic E-state index is 4.58. The van der Waals surface area contributed by atoms with Gasteiger partial charge in [-0.15, -0.1) is 0 Å². The van der Waals surface area contributed by atoms with Crippen LogP contribution < -0.4 is 0 Å². The molecule has 0 radical (unpaired) electrons. The lowest BCUT2D eigenvalue weighted by atomic mass is 10.2. The number of hydrogen-bond acceptors (Lipinski definition) is 2. The summed E-state index contributed by atoms with van der Waals surface area (Å²) in [5, 5.41) is 0. The lowest BCUT2D eigenvalue weighted by Gasteiger charge is -1.94. The molecule has 0 fully saturated rings. The van der Waals surface area contributed by atoms with Crippen molar-refractivity contribution < 1.29 is 9.47 Å². The van der Waals surface area contributed by atoms with Gasteiger partial charge in [0.15, 0.2) is 0 Å². The molecule has 1 heterocycles. The van der Waals surface area contributed by atoms with Crippen LogP contribution in [0.1, 0.15) is 11.1 Å². The smallest absolute Gasteiger partial charge is 0.125 e. The predicted molar refractivity (Wildman–Crippen MR) is 89.3 cm³/mol. The lowest BCUT2D eigenvalue weighted by Crippen LogP contribution is -1.74. The van der Waals surface area contributed by atoms with Crippen LogP contribution in [0, 0.1) is 0 Å². The van der Waals surface area contributed by atoms with Crippen molar-refractivity contribution >= 4 is 12.2 Å². The van der Waals surface area contributed by atoms with Gasteiger partial charge in [-0.05, 0) is 23.3 Å². The third-order valence-corrected chi connectivity index (χ3v) is 2.59. The Labute approximate surface area is 130 Å². The zero-order chi connectivity index (χ0) is 15.3. The minimum Gasteiger partial charge on any atom is -0.466 e. The van der Waals surface area contributed by atoms with E-state index in [9.17, 15) is 0 Å². The van der Waals surface area contributed by atoms with E-state index in [2.05, 4.69) is 20.9 Å². The predicted octanol–water partition coefficient (Wildman–Crippen LogP) is 5.14. The van der Waals surface area contributed by atoms with Gasteiger partial charge in [0.1, 0.15) is 25.0 Å². The van der Waals surface area contributed by atoms with E-state index in [4.69, 9.17) is 0 Å². The Balaban J connectivity index is 0.000000246. The number of rotatable bonds is 2. The van der Waals surface area contributed by atoms with Crippen LogP contribution in [0.25, 0.3) is 12.2 Å². The summed E-state index contributed by atoms with van der Waals surface area (Å²) in [5.74, 6) is 0. The molecule has 2 nitrogen and oxygen atoms in total. The SMILES string of the molecule is C(=C=Cc1ccccc1)=Cc1ccccc1.C1=COC=CO1. The molecule has 0 bridgehead atoms. The van der Waals surface area contributed by atoms with Crippen molar-refractivity contribution in [1.29, 1.82) is 0 Å². The highest BCUT2D eigenvalue weighted by Crippen LogP contribution is 2.01. The minimum absolute atomic E-state index is 1.14. The first-order chi connectivity index (χ1) is 10.9. The first-order valence-corrected chi connectivity index (χ1v) is 6.84. The minimum atomic E-state index is 1.14. The van der Waals surface area contributed by atoms with E-state index in [0.717, 1.165) is 11.1 Å². The molecule has 0 unspecified atom stereocenters. The van der Waals surface area contributed by atoms with E-state index in [0.29, 0.717) is 0 Å². The van der Waals surface area contributed by atoms with Crippen molar-refractivity contribution in [1.82, 2.24) is 0 Å². The highest BCUT2D eigenvalue weighted by Gasteiger charge is 1.80. The molecule has 2 aromatic carbocycles. The average Bonchev–Trinajstić information content (AvgIpc) is 2.63. The Bertz CT molecular complexity index is 628. The summed E-state index contributed by atoms with van der Waals surface area (Å²) in [6, 6.07) is 20.2. The second-order valence-electron chi connectivity index (χ2n) is 4.22. The highest BCUT2D eigenvalue weighted by molar-refractivity contribution is 5.52. The van der Waals surface area contributed by atoms with E-state index in [-0.39, 0.29) is 0 Å². The fourth-order valence-electron chi connectivity index (χ4n) is 1.57. The standard InChI is InChI=1S/C16H12.C4H4O2/c1-3-9-15(10-4-1)13-7-8-14-16-11-5-2-6-12-16;1-2-6-4-3-5-1/h1-6,9-14H;1-4H. The zero-order valence-electron chi connectivity index (χ0n) is 12.1. The van der Waals surface area contributed by atoms with Gasteiger partial charge >= 0.3 is 0 Å². The van der Waals surface area contributed by atoms with Gasteiger partial charge in [-0.2, -0.15) is 0 Å².